The first-order valence-corrected chi connectivity index (χ1v) is 6.33. The van der Waals surface area contributed by atoms with E-state index in [4.69, 9.17) is 4.74 Å². The van der Waals surface area contributed by atoms with E-state index in [2.05, 4.69) is 21.2 Å². The molecule has 1 aromatic carbocycles. The minimum absolute atomic E-state index is 0.251. The number of ether oxygens (including phenoxy) is 1. The summed E-state index contributed by atoms with van der Waals surface area (Å²) in [5.41, 5.74) is 0. The van der Waals surface area contributed by atoms with Crippen LogP contribution in [0.15, 0.2) is 22.7 Å². The van der Waals surface area contributed by atoms with Gasteiger partial charge in [0.25, 0.3) is 0 Å². The number of benzene rings is 1. The van der Waals surface area contributed by atoms with Gasteiger partial charge in [0.2, 0.25) is 0 Å². The fraction of sp³-hybridized carbons (Fsp3) is 0.500. The van der Waals surface area contributed by atoms with Gasteiger partial charge in [0.1, 0.15) is 11.6 Å². The van der Waals surface area contributed by atoms with Crippen LogP contribution < -0.4 is 10.1 Å². The van der Waals surface area contributed by atoms with Crippen LogP contribution in [0.5, 0.6) is 5.75 Å². The standard InChI is InChI=1S/C12H15BrFNO/c13-11-6-10(14)3-4-12(11)16-8-9-2-1-5-15-7-9/h3-4,6,9,15H,1-2,5,7-8H2/t9-/m0/s1. The normalized spacial score (nSPS) is 20.8. The van der Waals surface area contributed by atoms with E-state index in [0.29, 0.717) is 22.7 Å². The van der Waals surface area contributed by atoms with E-state index < -0.39 is 0 Å². The third kappa shape index (κ3) is 3.19. The highest BCUT2D eigenvalue weighted by Crippen LogP contribution is 2.26. The zero-order valence-corrected chi connectivity index (χ0v) is 10.6. The number of nitrogens with one attached hydrogen (secondary N) is 1. The third-order valence-electron chi connectivity index (χ3n) is 2.77. The molecule has 1 saturated heterocycles. The lowest BCUT2D eigenvalue weighted by Crippen LogP contribution is -2.33. The van der Waals surface area contributed by atoms with Crippen molar-refractivity contribution in [1.29, 1.82) is 0 Å². The van der Waals surface area contributed by atoms with Gasteiger partial charge in [-0.05, 0) is 53.5 Å². The monoisotopic (exact) mass is 287 g/mol. The first kappa shape index (κ1) is 11.9. The number of halogens is 2. The van der Waals surface area contributed by atoms with Gasteiger partial charge in [0.15, 0.2) is 0 Å². The van der Waals surface area contributed by atoms with Crippen LogP contribution in [0.25, 0.3) is 0 Å². The molecule has 0 spiro atoms. The number of rotatable bonds is 3. The summed E-state index contributed by atoms with van der Waals surface area (Å²) < 4.78 is 19.2. The molecule has 2 rings (SSSR count). The molecule has 0 aromatic heterocycles. The second-order valence-corrected chi connectivity index (χ2v) is 4.95. The summed E-state index contributed by atoms with van der Waals surface area (Å²) in [5, 5.41) is 3.34. The predicted molar refractivity (Wildman–Crippen MR) is 65.2 cm³/mol. The van der Waals surface area contributed by atoms with Crippen molar-refractivity contribution in [1.82, 2.24) is 5.32 Å². The molecule has 0 saturated carbocycles. The predicted octanol–water partition coefficient (Wildman–Crippen LogP) is 2.97. The maximum atomic E-state index is 12.8. The van der Waals surface area contributed by atoms with Gasteiger partial charge in [-0.1, -0.05) is 0 Å². The van der Waals surface area contributed by atoms with E-state index in [1.54, 1.807) is 6.07 Å². The summed E-state index contributed by atoms with van der Waals surface area (Å²) in [5.74, 6) is 1.02. The van der Waals surface area contributed by atoms with E-state index in [1.807, 2.05) is 0 Å². The summed E-state index contributed by atoms with van der Waals surface area (Å²) >= 11 is 3.29. The summed E-state index contributed by atoms with van der Waals surface area (Å²) in [6, 6.07) is 4.50. The van der Waals surface area contributed by atoms with Crippen molar-refractivity contribution in [2.24, 2.45) is 5.92 Å². The van der Waals surface area contributed by atoms with Gasteiger partial charge in [-0.2, -0.15) is 0 Å². The first-order valence-electron chi connectivity index (χ1n) is 5.54. The number of hydrogen-bond donors (Lipinski definition) is 1. The summed E-state index contributed by atoms with van der Waals surface area (Å²) in [4.78, 5) is 0. The van der Waals surface area contributed by atoms with E-state index in [0.717, 1.165) is 13.1 Å². The van der Waals surface area contributed by atoms with Gasteiger partial charge in [0.05, 0.1) is 11.1 Å². The van der Waals surface area contributed by atoms with E-state index in [-0.39, 0.29) is 5.82 Å². The Kier molecular flexibility index (Phi) is 4.18. The van der Waals surface area contributed by atoms with Crippen molar-refractivity contribution in [2.75, 3.05) is 19.7 Å². The SMILES string of the molecule is Fc1ccc(OC[C@H]2CCCNC2)c(Br)c1. The van der Waals surface area contributed by atoms with E-state index >= 15 is 0 Å². The Morgan fingerprint density at radius 1 is 1.50 bits per heavy atom. The Labute approximate surface area is 103 Å². The Morgan fingerprint density at radius 2 is 2.38 bits per heavy atom. The van der Waals surface area contributed by atoms with Crippen LogP contribution in [0.1, 0.15) is 12.8 Å². The molecule has 1 N–H and O–H groups in total. The molecule has 0 amide bonds. The molecule has 1 fully saturated rings. The van der Waals surface area contributed by atoms with Gasteiger partial charge in [0, 0.05) is 12.5 Å². The van der Waals surface area contributed by atoms with Gasteiger partial charge >= 0.3 is 0 Å². The molecular weight excluding hydrogens is 273 g/mol. The number of hydrogen-bond acceptors (Lipinski definition) is 2. The average Bonchev–Trinajstić information content (AvgIpc) is 2.29. The van der Waals surface area contributed by atoms with Gasteiger partial charge in [-0.3, -0.25) is 0 Å². The maximum absolute atomic E-state index is 12.8. The molecule has 0 radical (unpaired) electrons. The second-order valence-electron chi connectivity index (χ2n) is 4.10. The maximum Gasteiger partial charge on any atom is 0.133 e. The lowest BCUT2D eigenvalue weighted by Gasteiger charge is -2.23. The highest BCUT2D eigenvalue weighted by atomic mass is 79.9. The van der Waals surface area contributed by atoms with E-state index in [9.17, 15) is 4.39 Å². The van der Waals surface area contributed by atoms with Gasteiger partial charge in [-0.25, -0.2) is 4.39 Å². The molecule has 88 valence electrons. The van der Waals surface area contributed by atoms with Crippen molar-refractivity contribution in [3.05, 3.63) is 28.5 Å². The van der Waals surface area contributed by atoms with Crippen molar-refractivity contribution in [3.8, 4) is 5.75 Å². The van der Waals surface area contributed by atoms with Crippen LogP contribution in [0.2, 0.25) is 0 Å². The van der Waals surface area contributed by atoms with Crippen molar-refractivity contribution >= 4 is 15.9 Å². The van der Waals surface area contributed by atoms with Crippen LogP contribution in [-0.2, 0) is 0 Å². The van der Waals surface area contributed by atoms with Crippen molar-refractivity contribution in [3.63, 3.8) is 0 Å². The second kappa shape index (κ2) is 5.64. The Bertz CT molecular complexity index is 353. The molecule has 4 heteroatoms. The lowest BCUT2D eigenvalue weighted by molar-refractivity contribution is 0.217. The summed E-state index contributed by atoms with van der Waals surface area (Å²) in [6.45, 7) is 2.81. The van der Waals surface area contributed by atoms with Crippen LogP contribution >= 0.6 is 15.9 Å². The van der Waals surface area contributed by atoms with Gasteiger partial charge in [-0.15, -0.1) is 0 Å². The third-order valence-corrected chi connectivity index (χ3v) is 3.39. The smallest absolute Gasteiger partial charge is 0.133 e. The minimum atomic E-state index is -0.251. The summed E-state index contributed by atoms with van der Waals surface area (Å²) in [7, 11) is 0. The van der Waals surface area contributed by atoms with E-state index in [1.165, 1.54) is 25.0 Å². The lowest BCUT2D eigenvalue weighted by atomic mass is 10.0. The minimum Gasteiger partial charge on any atom is -0.492 e. The molecule has 0 aliphatic carbocycles. The van der Waals surface area contributed by atoms with Gasteiger partial charge < -0.3 is 10.1 Å². The molecule has 2 nitrogen and oxygen atoms in total. The molecule has 16 heavy (non-hydrogen) atoms. The first-order chi connectivity index (χ1) is 7.75. The molecular formula is C12H15BrFNO. The topological polar surface area (TPSA) is 21.3 Å². The number of piperidine rings is 1. The summed E-state index contributed by atoms with van der Waals surface area (Å²) in [6.07, 6.45) is 2.41. The molecule has 1 aromatic rings. The van der Waals surface area contributed by atoms with Crippen LogP contribution in [0.4, 0.5) is 4.39 Å². The molecule has 1 aliphatic heterocycles. The molecule has 0 bridgehead atoms. The fourth-order valence-electron chi connectivity index (χ4n) is 1.87. The highest BCUT2D eigenvalue weighted by Gasteiger charge is 2.14. The molecule has 0 unspecified atom stereocenters. The zero-order valence-electron chi connectivity index (χ0n) is 9.01. The zero-order chi connectivity index (χ0) is 11.4. The quantitative estimate of drug-likeness (QED) is 0.923. The Hall–Kier alpha value is -0.610. The molecule has 1 aliphatic rings. The van der Waals surface area contributed by atoms with Crippen LogP contribution in [0.3, 0.4) is 0 Å². The van der Waals surface area contributed by atoms with Crippen molar-refractivity contribution in [2.45, 2.75) is 12.8 Å². The molecule has 1 atom stereocenters. The largest absolute Gasteiger partial charge is 0.492 e. The Morgan fingerprint density at radius 3 is 3.06 bits per heavy atom. The Balaban J connectivity index is 1.88. The highest BCUT2D eigenvalue weighted by molar-refractivity contribution is 9.10. The average molecular weight is 288 g/mol. The van der Waals surface area contributed by atoms with Crippen LogP contribution in [0, 0.1) is 11.7 Å². The van der Waals surface area contributed by atoms with Crippen molar-refractivity contribution < 1.29 is 9.13 Å². The van der Waals surface area contributed by atoms with Crippen LogP contribution in [-0.4, -0.2) is 19.7 Å². The molecule has 1 heterocycles. The fourth-order valence-corrected chi connectivity index (χ4v) is 2.33.